The van der Waals surface area contributed by atoms with Gasteiger partial charge in [-0.3, -0.25) is 4.79 Å². The van der Waals surface area contributed by atoms with Gasteiger partial charge >= 0.3 is 0 Å². The van der Waals surface area contributed by atoms with Crippen molar-refractivity contribution in [1.82, 2.24) is 9.80 Å². The van der Waals surface area contributed by atoms with Crippen LogP contribution in [0.2, 0.25) is 0 Å². The number of rotatable bonds is 4. The summed E-state index contributed by atoms with van der Waals surface area (Å²) in [6.07, 6.45) is 1.88. The third-order valence-corrected chi connectivity index (χ3v) is 2.66. The molecule has 1 aliphatic heterocycles. The summed E-state index contributed by atoms with van der Waals surface area (Å²) in [4.78, 5) is 15.5. The standard InChI is InChI=1S/C10H20N2O/c1-4-9-7-12(8-9)10(13)5-6-11(2)3/h9H,4-8H2,1-3H3. The Kier molecular flexibility index (Phi) is 3.72. The minimum Gasteiger partial charge on any atom is -0.342 e. The van der Waals surface area contributed by atoms with E-state index in [4.69, 9.17) is 0 Å². The molecule has 1 saturated heterocycles. The third kappa shape index (κ3) is 2.99. The van der Waals surface area contributed by atoms with Gasteiger partial charge in [-0.05, 0) is 26.4 Å². The van der Waals surface area contributed by atoms with Crippen LogP contribution in [0, 0.1) is 5.92 Å². The zero-order valence-electron chi connectivity index (χ0n) is 8.92. The average molecular weight is 184 g/mol. The first-order chi connectivity index (χ1) is 6.13. The first-order valence-corrected chi connectivity index (χ1v) is 5.06. The summed E-state index contributed by atoms with van der Waals surface area (Å²) in [6.45, 7) is 5.03. The van der Waals surface area contributed by atoms with Crippen molar-refractivity contribution < 1.29 is 4.79 Å². The van der Waals surface area contributed by atoms with Crippen molar-refractivity contribution in [2.75, 3.05) is 33.7 Å². The Bertz CT molecular complexity index is 174. The SMILES string of the molecule is CCC1CN(C(=O)CCN(C)C)C1. The molecule has 3 nitrogen and oxygen atoms in total. The minimum atomic E-state index is 0.318. The highest BCUT2D eigenvalue weighted by atomic mass is 16.2. The van der Waals surface area contributed by atoms with Crippen molar-refractivity contribution in [3.05, 3.63) is 0 Å². The summed E-state index contributed by atoms with van der Waals surface area (Å²) in [5.74, 6) is 1.08. The van der Waals surface area contributed by atoms with Gasteiger partial charge in [0.25, 0.3) is 0 Å². The molecule has 3 heteroatoms. The van der Waals surface area contributed by atoms with Crippen molar-refractivity contribution in [2.24, 2.45) is 5.92 Å². The van der Waals surface area contributed by atoms with E-state index in [9.17, 15) is 4.79 Å². The van der Waals surface area contributed by atoms with E-state index in [1.54, 1.807) is 0 Å². The second-order valence-electron chi connectivity index (χ2n) is 4.13. The normalized spacial score (nSPS) is 17.7. The molecule has 0 spiro atoms. The predicted molar refractivity (Wildman–Crippen MR) is 53.5 cm³/mol. The number of hydrogen-bond acceptors (Lipinski definition) is 2. The van der Waals surface area contributed by atoms with Crippen molar-refractivity contribution in [3.63, 3.8) is 0 Å². The molecule has 0 unspecified atom stereocenters. The maximum absolute atomic E-state index is 11.5. The van der Waals surface area contributed by atoms with Gasteiger partial charge in [-0.2, -0.15) is 0 Å². The van der Waals surface area contributed by atoms with Gasteiger partial charge in [0.2, 0.25) is 5.91 Å². The van der Waals surface area contributed by atoms with Crippen LogP contribution in [0.1, 0.15) is 19.8 Å². The highest BCUT2D eigenvalue weighted by Crippen LogP contribution is 2.18. The Balaban J connectivity index is 2.12. The van der Waals surface area contributed by atoms with Crippen molar-refractivity contribution in [1.29, 1.82) is 0 Å². The van der Waals surface area contributed by atoms with Crippen LogP contribution in [0.5, 0.6) is 0 Å². The molecule has 0 aromatic heterocycles. The van der Waals surface area contributed by atoms with E-state index in [0.717, 1.165) is 25.6 Å². The number of amides is 1. The number of carbonyl (C=O) groups is 1. The van der Waals surface area contributed by atoms with Gasteiger partial charge in [0.15, 0.2) is 0 Å². The quantitative estimate of drug-likeness (QED) is 0.645. The maximum Gasteiger partial charge on any atom is 0.223 e. The van der Waals surface area contributed by atoms with Crippen LogP contribution in [0.15, 0.2) is 0 Å². The van der Waals surface area contributed by atoms with Crippen molar-refractivity contribution in [2.45, 2.75) is 19.8 Å². The van der Waals surface area contributed by atoms with E-state index in [1.807, 2.05) is 19.0 Å². The molecule has 0 N–H and O–H groups in total. The molecule has 1 rings (SSSR count). The zero-order chi connectivity index (χ0) is 9.84. The molecule has 1 heterocycles. The van der Waals surface area contributed by atoms with Gasteiger partial charge in [0.1, 0.15) is 0 Å². The van der Waals surface area contributed by atoms with E-state index >= 15 is 0 Å². The van der Waals surface area contributed by atoms with Crippen LogP contribution in [-0.2, 0) is 4.79 Å². The number of nitrogens with zero attached hydrogens (tertiary/aromatic N) is 2. The smallest absolute Gasteiger partial charge is 0.223 e. The summed E-state index contributed by atoms with van der Waals surface area (Å²) in [5, 5.41) is 0. The highest BCUT2D eigenvalue weighted by Gasteiger charge is 2.28. The third-order valence-electron chi connectivity index (χ3n) is 2.66. The van der Waals surface area contributed by atoms with Gasteiger partial charge in [-0.25, -0.2) is 0 Å². The van der Waals surface area contributed by atoms with E-state index in [-0.39, 0.29) is 0 Å². The first kappa shape index (κ1) is 10.5. The Labute approximate surface area is 80.7 Å². The monoisotopic (exact) mass is 184 g/mol. The molecule has 13 heavy (non-hydrogen) atoms. The molecule has 0 aromatic rings. The molecule has 0 radical (unpaired) electrons. The van der Waals surface area contributed by atoms with E-state index in [0.29, 0.717) is 12.3 Å². The Hall–Kier alpha value is -0.570. The topological polar surface area (TPSA) is 23.6 Å². The molecule has 1 aliphatic rings. The molecule has 0 aliphatic carbocycles. The van der Waals surface area contributed by atoms with Gasteiger partial charge in [-0.15, -0.1) is 0 Å². The van der Waals surface area contributed by atoms with Crippen LogP contribution in [0.4, 0.5) is 0 Å². The fourth-order valence-electron chi connectivity index (χ4n) is 1.51. The van der Waals surface area contributed by atoms with Crippen LogP contribution in [0.25, 0.3) is 0 Å². The molecule has 76 valence electrons. The lowest BCUT2D eigenvalue weighted by Gasteiger charge is -2.39. The molecule has 1 amide bonds. The summed E-state index contributed by atoms with van der Waals surface area (Å²) >= 11 is 0. The van der Waals surface area contributed by atoms with Gasteiger partial charge in [-0.1, -0.05) is 6.92 Å². The molecule has 0 bridgehead atoms. The lowest BCUT2D eigenvalue weighted by atomic mass is 9.97. The van der Waals surface area contributed by atoms with Crippen LogP contribution >= 0.6 is 0 Å². The summed E-state index contributed by atoms with van der Waals surface area (Å²) in [6, 6.07) is 0. The second-order valence-corrected chi connectivity index (χ2v) is 4.13. The van der Waals surface area contributed by atoms with E-state index < -0.39 is 0 Å². The van der Waals surface area contributed by atoms with Gasteiger partial charge < -0.3 is 9.80 Å². The number of carbonyl (C=O) groups excluding carboxylic acids is 1. The van der Waals surface area contributed by atoms with Crippen LogP contribution in [-0.4, -0.2) is 49.4 Å². The number of hydrogen-bond donors (Lipinski definition) is 0. The largest absolute Gasteiger partial charge is 0.342 e. The van der Waals surface area contributed by atoms with Crippen molar-refractivity contribution >= 4 is 5.91 Å². The average Bonchev–Trinajstić information content (AvgIpc) is 1.99. The van der Waals surface area contributed by atoms with Crippen LogP contribution in [0.3, 0.4) is 0 Å². The maximum atomic E-state index is 11.5. The molecule has 0 atom stereocenters. The Morgan fingerprint density at radius 3 is 2.54 bits per heavy atom. The second kappa shape index (κ2) is 4.61. The molecule has 1 fully saturated rings. The fourth-order valence-corrected chi connectivity index (χ4v) is 1.51. The predicted octanol–water partition coefficient (Wildman–Crippen LogP) is 0.806. The van der Waals surface area contributed by atoms with Gasteiger partial charge in [0.05, 0.1) is 0 Å². The molecule has 0 aromatic carbocycles. The van der Waals surface area contributed by atoms with Crippen LogP contribution < -0.4 is 0 Å². The Morgan fingerprint density at radius 2 is 2.08 bits per heavy atom. The lowest BCUT2D eigenvalue weighted by Crippen LogP contribution is -2.50. The highest BCUT2D eigenvalue weighted by molar-refractivity contribution is 5.77. The number of likely N-dealkylation sites (tertiary alicyclic amines) is 1. The first-order valence-electron chi connectivity index (χ1n) is 5.06. The fraction of sp³-hybridized carbons (Fsp3) is 0.900. The molecular formula is C10H20N2O. The molecule has 0 saturated carbocycles. The van der Waals surface area contributed by atoms with Gasteiger partial charge in [0, 0.05) is 26.1 Å². The zero-order valence-corrected chi connectivity index (χ0v) is 8.92. The summed E-state index contributed by atoms with van der Waals surface area (Å²) in [7, 11) is 4.00. The van der Waals surface area contributed by atoms with E-state index in [1.165, 1.54) is 6.42 Å². The molecular weight excluding hydrogens is 164 g/mol. The van der Waals surface area contributed by atoms with E-state index in [2.05, 4.69) is 11.8 Å². The summed E-state index contributed by atoms with van der Waals surface area (Å²) < 4.78 is 0. The van der Waals surface area contributed by atoms with Crippen molar-refractivity contribution in [3.8, 4) is 0 Å². The lowest BCUT2D eigenvalue weighted by molar-refractivity contribution is -0.137. The minimum absolute atomic E-state index is 0.318. The summed E-state index contributed by atoms with van der Waals surface area (Å²) in [5.41, 5.74) is 0. The Morgan fingerprint density at radius 1 is 1.46 bits per heavy atom.